The van der Waals surface area contributed by atoms with Gasteiger partial charge in [-0.1, -0.05) is 19.3 Å². The fraction of sp³-hybridized carbons (Fsp3) is 1.00. The Bertz CT molecular complexity index is 142. The second-order valence-electron chi connectivity index (χ2n) is 4.60. The van der Waals surface area contributed by atoms with Crippen LogP contribution in [-0.4, -0.2) is 17.3 Å². The minimum Gasteiger partial charge on any atom is -0.390 e. The molecule has 0 aromatic rings. The molecule has 0 saturated heterocycles. The van der Waals surface area contributed by atoms with Gasteiger partial charge in [-0.3, -0.25) is 0 Å². The fourth-order valence-electron chi connectivity index (χ4n) is 2.29. The first-order valence-corrected chi connectivity index (χ1v) is 4.94. The Hall–Kier alpha value is -0.0800. The summed E-state index contributed by atoms with van der Waals surface area (Å²) >= 11 is 0. The van der Waals surface area contributed by atoms with Crippen molar-refractivity contribution in [2.75, 3.05) is 6.54 Å². The lowest BCUT2D eigenvalue weighted by molar-refractivity contribution is -0.0710. The summed E-state index contributed by atoms with van der Waals surface area (Å²) in [6.45, 7) is 4.41. The van der Waals surface area contributed by atoms with Gasteiger partial charge in [-0.15, -0.1) is 0 Å². The van der Waals surface area contributed by atoms with Gasteiger partial charge in [-0.2, -0.15) is 0 Å². The SMILES string of the molecule is CC(C)(O)C1(CN)CCCCC1. The van der Waals surface area contributed by atoms with Crippen molar-refractivity contribution >= 4 is 0 Å². The molecule has 2 heteroatoms. The lowest BCUT2D eigenvalue weighted by Crippen LogP contribution is -2.49. The molecule has 0 unspecified atom stereocenters. The van der Waals surface area contributed by atoms with Gasteiger partial charge in [0, 0.05) is 12.0 Å². The molecule has 2 nitrogen and oxygen atoms in total. The quantitative estimate of drug-likeness (QED) is 0.664. The van der Waals surface area contributed by atoms with E-state index in [1.807, 2.05) is 13.8 Å². The Balaban J connectivity index is 2.73. The predicted molar refractivity (Wildman–Crippen MR) is 50.9 cm³/mol. The molecular weight excluding hydrogens is 150 g/mol. The van der Waals surface area contributed by atoms with E-state index in [0.29, 0.717) is 6.54 Å². The Morgan fingerprint density at radius 2 is 1.75 bits per heavy atom. The molecule has 1 rings (SSSR count). The smallest absolute Gasteiger partial charge is 0.0659 e. The highest BCUT2D eigenvalue weighted by Gasteiger charge is 2.42. The van der Waals surface area contributed by atoms with Gasteiger partial charge in [-0.25, -0.2) is 0 Å². The third kappa shape index (κ3) is 1.64. The van der Waals surface area contributed by atoms with Gasteiger partial charge in [0.2, 0.25) is 0 Å². The van der Waals surface area contributed by atoms with Crippen LogP contribution in [0.5, 0.6) is 0 Å². The Morgan fingerprint density at radius 3 is 2.00 bits per heavy atom. The van der Waals surface area contributed by atoms with E-state index in [0.717, 1.165) is 12.8 Å². The van der Waals surface area contributed by atoms with E-state index in [1.54, 1.807) is 0 Å². The third-order valence-corrected chi connectivity index (χ3v) is 3.50. The Labute approximate surface area is 75.2 Å². The summed E-state index contributed by atoms with van der Waals surface area (Å²) in [5, 5.41) is 10.0. The van der Waals surface area contributed by atoms with Crippen molar-refractivity contribution in [2.24, 2.45) is 11.1 Å². The molecule has 72 valence electrons. The van der Waals surface area contributed by atoms with Crippen LogP contribution in [0.1, 0.15) is 46.0 Å². The van der Waals surface area contributed by atoms with E-state index in [9.17, 15) is 5.11 Å². The summed E-state index contributed by atoms with van der Waals surface area (Å²) in [6, 6.07) is 0. The average Bonchev–Trinajstić information content (AvgIpc) is 2.04. The van der Waals surface area contributed by atoms with Crippen molar-refractivity contribution in [3.8, 4) is 0 Å². The third-order valence-electron chi connectivity index (χ3n) is 3.50. The van der Waals surface area contributed by atoms with Crippen LogP contribution in [0.4, 0.5) is 0 Å². The molecule has 0 aliphatic heterocycles. The van der Waals surface area contributed by atoms with Crippen LogP contribution in [0.15, 0.2) is 0 Å². The summed E-state index contributed by atoms with van der Waals surface area (Å²) in [6.07, 6.45) is 5.93. The van der Waals surface area contributed by atoms with Gasteiger partial charge >= 0.3 is 0 Å². The summed E-state index contributed by atoms with van der Waals surface area (Å²) in [5.41, 5.74) is 5.15. The summed E-state index contributed by atoms with van der Waals surface area (Å²) < 4.78 is 0. The number of nitrogens with two attached hydrogens (primary N) is 1. The van der Waals surface area contributed by atoms with Crippen molar-refractivity contribution in [2.45, 2.75) is 51.6 Å². The molecule has 0 aromatic carbocycles. The normalized spacial score (nSPS) is 24.0. The zero-order valence-electron chi connectivity index (χ0n) is 8.27. The maximum Gasteiger partial charge on any atom is 0.0659 e. The largest absolute Gasteiger partial charge is 0.390 e. The van der Waals surface area contributed by atoms with Crippen molar-refractivity contribution in [3.63, 3.8) is 0 Å². The highest BCUT2D eigenvalue weighted by molar-refractivity contribution is 4.95. The van der Waals surface area contributed by atoms with Crippen LogP contribution in [0.25, 0.3) is 0 Å². The highest BCUT2D eigenvalue weighted by atomic mass is 16.3. The van der Waals surface area contributed by atoms with E-state index in [2.05, 4.69) is 0 Å². The minimum absolute atomic E-state index is 0.00868. The number of aliphatic hydroxyl groups is 1. The molecule has 0 heterocycles. The number of hydrogen-bond donors (Lipinski definition) is 2. The molecule has 0 atom stereocenters. The van der Waals surface area contributed by atoms with Crippen LogP contribution in [-0.2, 0) is 0 Å². The lowest BCUT2D eigenvalue weighted by Gasteiger charge is -2.45. The molecule has 0 amide bonds. The van der Waals surface area contributed by atoms with Crippen molar-refractivity contribution < 1.29 is 5.11 Å². The molecule has 1 fully saturated rings. The molecule has 3 N–H and O–H groups in total. The minimum atomic E-state index is -0.609. The first kappa shape index (κ1) is 10.0. The van der Waals surface area contributed by atoms with Crippen molar-refractivity contribution in [1.29, 1.82) is 0 Å². The molecule has 12 heavy (non-hydrogen) atoms. The van der Waals surface area contributed by atoms with Crippen LogP contribution < -0.4 is 5.73 Å². The van der Waals surface area contributed by atoms with Crippen LogP contribution in [0.2, 0.25) is 0 Å². The molecule has 0 spiro atoms. The second kappa shape index (κ2) is 3.35. The summed E-state index contributed by atoms with van der Waals surface area (Å²) in [5.74, 6) is 0. The number of rotatable bonds is 2. The Morgan fingerprint density at radius 1 is 1.25 bits per heavy atom. The maximum absolute atomic E-state index is 10.0. The van der Waals surface area contributed by atoms with Crippen LogP contribution in [0, 0.1) is 5.41 Å². The monoisotopic (exact) mass is 171 g/mol. The fourth-order valence-corrected chi connectivity index (χ4v) is 2.29. The molecule has 0 aromatic heterocycles. The predicted octanol–water partition coefficient (Wildman–Crippen LogP) is 1.67. The lowest BCUT2D eigenvalue weighted by atomic mass is 9.64. The van der Waals surface area contributed by atoms with Gasteiger partial charge < -0.3 is 10.8 Å². The molecule has 1 aliphatic carbocycles. The first-order chi connectivity index (χ1) is 5.52. The van der Waals surface area contributed by atoms with Gasteiger partial charge in [-0.05, 0) is 26.7 Å². The van der Waals surface area contributed by atoms with Gasteiger partial charge in [0.05, 0.1) is 5.60 Å². The number of hydrogen-bond acceptors (Lipinski definition) is 2. The average molecular weight is 171 g/mol. The van der Waals surface area contributed by atoms with E-state index in [4.69, 9.17) is 5.73 Å². The molecule has 0 bridgehead atoms. The highest BCUT2D eigenvalue weighted by Crippen LogP contribution is 2.43. The zero-order valence-corrected chi connectivity index (χ0v) is 8.27. The van der Waals surface area contributed by atoms with Gasteiger partial charge in [0.15, 0.2) is 0 Å². The topological polar surface area (TPSA) is 46.2 Å². The molecule has 1 aliphatic rings. The Kier molecular flexibility index (Phi) is 2.79. The molecule has 0 radical (unpaired) electrons. The van der Waals surface area contributed by atoms with Crippen molar-refractivity contribution in [3.05, 3.63) is 0 Å². The molecular formula is C10H21NO. The first-order valence-electron chi connectivity index (χ1n) is 4.94. The van der Waals surface area contributed by atoms with Gasteiger partial charge in [0.25, 0.3) is 0 Å². The maximum atomic E-state index is 10.0. The van der Waals surface area contributed by atoms with Crippen LogP contribution >= 0.6 is 0 Å². The van der Waals surface area contributed by atoms with E-state index < -0.39 is 5.60 Å². The van der Waals surface area contributed by atoms with E-state index in [1.165, 1.54) is 19.3 Å². The van der Waals surface area contributed by atoms with E-state index in [-0.39, 0.29) is 5.41 Å². The van der Waals surface area contributed by atoms with Crippen molar-refractivity contribution in [1.82, 2.24) is 0 Å². The summed E-state index contributed by atoms with van der Waals surface area (Å²) in [7, 11) is 0. The zero-order chi connectivity index (χ0) is 9.24. The van der Waals surface area contributed by atoms with E-state index >= 15 is 0 Å². The van der Waals surface area contributed by atoms with Crippen LogP contribution in [0.3, 0.4) is 0 Å². The molecule has 1 saturated carbocycles. The van der Waals surface area contributed by atoms with Gasteiger partial charge in [0.1, 0.15) is 0 Å². The summed E-state index contributed by atoms with van der Waals surface area (Å²) in [4.78, 5) is 0. The second-order valence-corrected chi connectivity index (χ2v) is 4.60. The standard InChI is InChI=1S/C10H21NO/c1-9(2,12)10(8-11)6-4-3-5-7-10/h12H,3-8,11H2,1-2H3.